The average molecular weight is 297 g/mol. The minimum atomic E-state index is -0.647. The van der Waals surface area contributed by atoms with Gasteiger partial charge in [-0.15, -0.1) is 0 Å². The van der Waals surface area contributed by atoms with Crippen molar-refractivity contribution in [1.29, 1.82) is 0 Å². The van der Waals surface area contributed by atoms with Crippen LogP contribution in [-0.4, -0.2) is 24.9 Å². The van der Waals surface area contributed by atoms with E-state index in [1.165, 1.54) is 7.11 Å². The number of ketones is 1. The molecular weight excluding hydrogens is 278 g/mol. The number of benzene rings is 2. The Morgan fingerprint density at radius 1 is 1.00 bits per heavy atom. The third-order valence-electron chi connectivity index (χ3n) is 3.54. The van der Waals surface area contributed by atoms with Crippen LogP contribution in [-0.2, 0) is 16.0 Å². The summed E-state index contributed by atoms with van der Waals surface area (Å²) in [6.07, 6.45) is 0.441. The van der Waals surface area contributed by atoms with Gasteiger partial charge in [-0.05, 0) is 30.0 Å². The maximum absolute atomic E-state index is 11.3. The maximum atomic E-state index is 11.3. The van der Waals surface area contributed by atoms with Crippen LogP contribution in [0.25, 0.3) is 11.1 Å². The number of nitrogens with two attached hydrogens (primary N) is 1. The van der Waals surface area contributed by atoms with E-state index in [0.29, 0.717) is 12.0 Å². The average Bonchev–Trinajstić information content (AvgIpc) is 2.54. The molecule has 114 valence electrons. The topological polar surface area (TPSA) is 69.4 Å². The van der Waals surface area contributed by atoms with Crippen LogP contribution in [0.3, 0.4) is 0 Å². The Morgan fingerprint density at radius 3 is 1.95 bits per heavy atom. The Labute approximate surface area is 129 Å². The lowest BCUT2D eigenvalue weighted by Crippen LogP contribution is -2.33. The molecule has 0 amide bonds. The van der Waals surface area contributed by atoms with Crippen LogP contribution in [0.2, 0.25) is 0 Å². The van der Waals surface area contributed by atoms with Crippen LogP contribution >= 0.6 is 0 Å². The molecule has 0 aliphatic carbocycles. The van der Waals surface area contributed by atoms with Crippen LogP contribution in [0.1, 0.15) is 22.8 Å². The van der Waals surface area contributed by atoms with Crippen LogP contribution in [0, 0.1) is 0 Å². The molecule has 4 nitrogen and oxygen atoms in total. The van der Waals surface area contributed by atoms with E-state index in [2.05, 4.69) is 4.74 Å². The SMILES string of the molecule is COC(=O)C(N)Cc1ccc(-c2ccc(C(C)=O)cc2)cc1. The molecule has 0 saturated carbocycles. The number of rotatable bonds is 5. The van der Waals surface area contributed by atoms with Crippen LogP contribution < -0.4 is 5.73 Å². The predicted molar refractivity (Wildman–Crippen MR) is 85.6 cm³/mol. The molecule has 22 heavy (non-hydrogen) atoms. The highest BCUT2D eigenvalue weighted by molar-refractivity contribution is 5.94. The van der Waals surface area contributed by atoms with Crippen molar-refractivity contribution in [3.05, 3.63) is 59.7 Å². The lowest BCUT2D eigenvalue weighted by Gasteiger charge is -2.10. The molecule has 0 heterocycles. The summed E-state index contributed by atoms with van der Waals surface area (Å²) in [5, 5.41) is 0. The summed E-state index contributed by atoms with van der Waals surface area (Å²) in [5.74, 6) is -0.359. The molecule has 0 bridgehead atoms. The molecule has 4 heteroatoms. The lowest BCUT2D eigenvalue weighted by molar-refractivity contribution is -0.142. The third-order valence-corrected chi connectivity index (χ3v) is 3.54. The van der Waals surface area contributed by atoms with Crippen molar-refractivity contribution in [2.75, 3.05) is 7.11 Å². The molecule has 0 aromatic heterocycles. The monoisotopic (exact) mass is 297 g/mol. The van der Waals surface area contributed by atoms with E-state index < -0.39 is 12.0 Å². The smallest absolute Gasteiger partial charge is 0.322 e. The first-order chi connectivity index (χ1) is 10.5. The zero-order chi connectivity index (χ0) is 16.1. The van der Waals surface area contributed by atoms with Gasteiger partial charge < -0.3 is 10.5 Å². The molecule has 0 spiro atoms. The Hall–Kier alpha value is -2.46. The molecule has 1 unspecified atom stereocenters. The van der Waals surface area contributed by atoms with Gasteiger partial charge in [-0.3, -0.25) is 9.59 Å². The number of carbonyl (C=O) groups excluding carboxylic acids is 2. The molecule has 0 saturated heterocycles. The van der Waals surface area contributed by atoms with Gasteiger partial charge in [0, 0.05) is 5.56 Å². The number of ether oxygens (including phenoxy) is 1. The fourth-order valence-electron chi connectivity index (χ4n) is 2.22. The Kier molecular flexibility index (Phi) is 5.07. The summed E-state index contributed by atoms with van der Waals surface area (Å²) in [5.41, 5.74) is 9.50. The summed E-state index contributed by atoms with van der Waals surface area (Å²) in [6, 6.07) is 14.7. The molecule has 2 aromatic carbocycles. The standard InChI is InChI=1S/C18H19NO3/c1-12(20)14-7-9-16(10-8-14)15-5-3-13(4-6-15)11-17(19)18(21)22-2/h3-10,17H,11,19H2,1-2H3. The zero-order valence-corrected chi connectivity index (χ0v) is 12.7. The second kappa shape index (κ2) is 7.00. The largest absolute Gasteiger partial charge is 0.468 e. The number of esters is 1. The summed E-state index contributed by atoms with van der Waals surface area (Å²) in [6.45, 7) is 1.55. The second-order valence-electron chi connectivity index (χ2n) is 5.16. The van der Waals surface area contributed by atoms with Crippen molar-refractivity contribution in [3.63, 3.8) is 0 Å². The van der Waals surface area contributed by atoms with Gasteiger partial charge in [0.15, 0.2) is 5.78 Å². The van der Waals surface area contributed by atoms with Crippen molar-refractivity contribution in [1.82, 2.24) is 0 Å². The summed E-state index contributed by atoms with van der Waals surface area (Å²) >= 11 is 0. The first kappa shape index (κ1) is 15.9. The van der Waals surface area contributed by atoms with Crippen molar-refractivity contribution in [3.8, 4) is 11.1 Å². The molecule has 2 aromatic rings. The number of Topliss-reactive ketones (excluding diaryl/α,β-unsaturated/α-hetero) is 1. The van der Waals surface area contributed by atoms with Gasteiger partial charge in [0.1, 0.15) is 6.04 Å². The molecule has 0 fully saturated rings. The zero-order valence-electron chi connectivity index (χ0n) is 12.7. The summed E-state index contributed by atoms with van der Waals surface area (Å²) in [4.78, 5) is 22.6. The maximum Gasteiger partial charge on any atom is 0.322 e. The third kappa shape index (κ3) is 3.80. The molecule has 2 rings (SSSR count). The number of methoxy groups -OCH3 is 1. The quantitative estimate of drug-likeness (QED) is 0.680. The highest BCUT2D eigenvalue weighted by atomic mass is 16.5. The number of hydrogen-bond acceptors (Lipinski definition) is 4. The highest BCUT2D eigenvalue weighted by Gasteiger charge is 2.14. The van der Waals surface area contributed by atoms with E-state index in [9.17, 15) is 9.59 Å². The van der Waals surface area contributed by atoms with Crippen molar-refractivity contribution < 1.29 is 14.3 Å². The first-order valence-corrected chi connectivity index (χ1v) is 7.05. The predicted octanol–water partition coefficient (Wildman–Crippen LogP) is 2.60. The Bertz CT molecular complexity index is 660. The first-order valence-electron chi connectivity index (χ1n) is 7.05. The van der Waals surface area contributed by atoms with E-state index >= 15 is 0 Å². The van der Waals surface area contributed by atoms with Gasteiger partial charge in [0.05, 0.1) is 7.11 Å². The molecule has 2 N–H and O–H groups in total. The van der Waals surface area contributed by atoms with Gasteiger partial charge in [0.25, 0.3) is 0 Å². The van der Waals surface area contributed by atoms with Gasteiger partial charge in [-0.2, -0.15) is 0 Å². The highest BCUT2D eigenvalue weighted by Crippen LogP contribution is 2.21. The Morgan fingerprint density at radius 2 is 1.50 bits per heavy atom. The molecule has 0 radical (unpaired) electrons. The van der Waals surface area contributed by atoms with E-state index in [1.54, 1.807) is 6.92 Å². The Balaban J connectivity index is 2.11. The van der Waals surface area contributed by atoms with Crippen molar-refractivity contribution in [2.45, 2.75) is 19.4 Å². The fraction of sp³-hybridized carbons (Fsp3) is 0.222. The van der Waals surface area contributed by atoms with Gasteiger partial charge >= 0.3 is 5.97 Å². The number of carbonyl (C=O) groups is 2. The van der Waals surface area contributed by atoms with E-state index in [-0.39, 0.29) is 5.78 Å². The van der Waals surface area contributed by atoms with Gasteiger partial charge in [-0.1, -0.05) is 48.5 Å². The van der Waals surface area contributed by atoms with Crippen LogP contribution in [0.5, 0.6) is 0 Å². The minimum absolute atomic E-state index is 0.0543. The second-order valence-corrected chi connectivity index (χ2v) is 5.16. The molecule has 0 aliphatic heterocycles. The van der Waals surface area contributed by atoms with Crippen molar-refractivity contribution >= 4 is 11.8 Å². The molecule has 0 aliphatic rings. The van der Waals surface area contributed by atoms with Gasteiger partial charge in [-0.25, -0.2) is 0 Å². The van der Waals surface area contributed by atoms with Crippen LogP contribution in [0.4, 0.5) is 0 Å². The lowest BCUT2D eigenvalue weighted by atomic mass is 9.99. The van der Waals surface area contributed by atoms with E-state index in [1.807, 2.05) is 48.5 Å². The van der Waals surface area contributed by atoms with E-state index in [0.717, 1.165) is 16.7 Å². The summed E-state index contributed by atoms with van der Waals surface area (Å²) in [7, 11) is 1.33. The minimum Gasteiger partial charge on any atom is -0.468 e. The summed E-state index contributed by atoms with van der Waals surface area (Å²) < 4.78 is 4.62. The number of hydrogen-bond donors (Lipinski definition) is 1. The van der Waals surface area contributed by atoms with Crippen LogP contribution in [0.15, 0.2) is 48.5 Å². The van der Waals surface area contributed by atoms with E-state index in [4.69, 9.17) is 5.73 Å². The van der Waals surface area contributed by atoms with Gasteiger partial charge in [0.2, 0.25) is 0 Å². The molecule has 1 atom stereocenters. The molecular formula is C18H19NO3. The van der Waals surface area contributed by atoms with Crippen molar-refractivity contribution in [2.24, 2.45) is 5.73 Å². The normalized spacial score (nSPS) is 11.8. The fourth-order valence-corrected chi connectivity index (χ4v) is 2.22.